The van der Waals surface area contributed by atoms with Gasteiger partial charge in [0.15, 0.2) is 5.11 Å². The summed E-state index contributed by atoms with van der Waals surface area (Å²) in [4.78, 5) is 13.7. The zero-order valence-electron chi connectivity index (χ0n) is 14.0. The van der Waals surface area contributed by atoms with Crippen LogP contribution in [0.15, 0.2) is 48.5 Å². The maximum absolute atomic E-state index is 13.0. The van der Waals surface area contributed by atoms with E-state index in [1.807, 2.05) is 31.2 Å². The fraction of sp³-hybridized carbons (Fsp3) is 0.263. The van der Waals surface area contributed by atoms with Crippen LogP contribution in [0.3, 0.4) is 0 Å². The molecule has 1 aliphatic rings. The molecule has 0 spiro atoms. The highest BCUT2D eigenvalue weighted by molar-refractivity contribution is 7.80. The van der Waals surface area contributed by atoms with Gasteiger partial charge in [0.25, 0.3) is 0 Å². The first-order chi connectivity index (χ1) is 12.0. The van der Waals surface area contributed by atoms with E-state index in [4.69, 9.17) is 12.2 Å². The summed E-state index contributed by atoms with van der Waals surface area (Å²) in [5.41, 5.74) is 2.64. The summed E-state index contributed by atoms with van der Waals surface area (Å²) in [6.45, 7) is 2.72. The quantitative estimate of drug-likeness (QED) is 0.812. The lowest BCUT2D eigenvalue weighted by Crippen LogP contribution is -2.31. The number of thiocarbonyl (C=S) groups is 1. The molecule has 0 radical (unpaired) electrons. The first kappa shape index (κ1) is 17.4. The average molecular weight is 357 g/mol. The van der Waals surface area contributed by atoms with Crippen molar-refractivity contribution in [1.82, 2.24) is 5.32 Å². The number of amides is 1. The van der Waals surface area contributed by atoms with Crippen molar-refractivity contribution in [3.63, 3.8) is 0 Å². The van der Waals surface area contributed by atoms with Gasteiger partial charge in [-0.15, -0.1) is 0 Å². The van der Waals surface area contributed by atoms with E-state index >= 15 is 0 Å². The van der Waals surface area contributed by atoms with Gasteiger partial charge in [0.2, 0.25) is 5.91 Å². The number of anilines is 2. The van der Waals surface area contributed by atoms with Crippen molar-refractivity contribution in [2.45, 2.75) is 25.8 Å². The van der Waals surface area contributed by atoms with Crippen LogP contribution >= 0.6 is 12.2 Å². The Morgan fingerprint density at radius 3 is 2.68 bits per heavy atom. The molecule has 130 valence electrons. The van der Waals surface area contributed by atoms with E-state index in [1.54, 1.807) is 17.0 Å². The summed E-state index contributed by atoms with van der Waals surface area (Å²) in [6, 6.07) is 13.9. The maximum atomic E-state index is 13.0. The summed E-state index contributed by atoms with van der Waals surface area (Å²) in [5.74, 6) is -0.104. The SMILES string of the molecule is CC(NC(=S)Nc1cccc(N2CCCC2=O)c1)c1ccc(F)cc1. The summed E-state index contributed by atoms with van der Waals surface area (Å²) in [7, 11) is 0. The van der Waals surface area contributed by atoms with Crippen molar-refractivity contribution in [3.05, 3.63) is 59.9 Å². The van der Waals surface area contributed by atoms with Crippen molar-refractivity contribution in [1.29, 1.82) is 0 Å². The maximum Gasteiger partial charge on any atom is 0.227 e. The summed E-state index contributed by atoms with van der Waals surface area (Å²) < 4.78 is 13.0. The van der Waals surface area contributed by atoms with Crippen LogP contribution in [0.2, 0.25) is 0 Å². The first-order valence-electron chi connectivity index (χ1n) is 8.26. The largest absolute Gasteiger partial charge is 0.356 e. The van der Waals surface area contributed by atoms with Crippen LogP contribution < -0.4 is 15.5 Å². The Balaban J connectivity index is 1.62. The molecular weight excluding hydrogens is 337 g/mol. The Labute approximate surface area is 152 Å². The monoisotopic (exact) mass is 357 g/mol. The lowest BCUT2D eigenvalue weighted by atomic mass is 10.1. The van der Waals surface area contributed by atoms with Crippen molar-refractivity contribution in [3.8, 4) is 0 Å². The van der Waals surface area contributed by atoms with Crippen molar-refractivity contribution in [2.75, 3.05) is 16.8 Å². The Hall–Kier alpha value is -2.47. The van der Waals surface area contributed by atoms with Crippen LogP contribution in [0.25, 0.3) is 0 Å². The number of carbonyl (C=O) groups excluding carboxylic acids is 1. The molecule has 1 saturated heterocycles. The van der Waals surface area contributed by atoms with E-state index in [0.29, 0.717) is 11.5 Å². The van der Waals surface area contributed by atoms with Crippen molar-refractivity contribution in [2.24, 2.45) is 0 Å². The van der Waals surface area contributed by atoms with Gasteiger partial charge in [-0.25, -0.2) is 4.39 Å². The molecule has 2 aromatic rings. The molecule has 1 amide bonds. The highest BCUT2D eigenvalue weighted by atomic mass is 32.1. The van der Waals surface area contributed by atoms with E-state index in [-0.39, 0.29) is 17.8 Å². The van der Waals surface area contributed by atoms with Gasteiger partial charge in [0.05, 0.1) is 6.04 Å². The lowest BCUT2D eigenvalue weighted by Gasteiger charge is -2.19. The fourth-order valence-electron chi connectivity index (χ4n) is 2.87. The normalized spacial score (nSPS) is 15.1. The molecule has 3 rings (SSSR count). The number of nitrogens with one attached hydrogen (secondary N) is 2. The fourth-order valence-corrected chi connectivity index (χ4v) is 3.17. The van der Waals surface area contributed by atoms with Gasteiger partial charge in [0, 0.05) is 24.3 Å². The molecule has 1 fully saturated rings. The Bertz CT molecular complexity index is 778. The zero-order valence-corrected chi connectivity index (χ0v) is 14.8. The Kier molecular flexibility index (Phi) is 5.28. The third kappa shape index (κ3) is 4.33. The Morgan fingerprint density at radius 2 is 2.00 bits per heavy atom. The standard InChI is InChI=1S/C19H20FN3OS/c1-13(14-7-9-15(20)10-8-14)21-19(25)22-16-4-2-5-17(12-16)23-11-3-6-18(23)24/h2,4-5,7-10,12-13H,3,6,11H2,1H3,(H2,21,22,25). The van der Waals surface area contributed by atoms with Gasteiger partial charge in [-0.2, -0.15) is 0 Å². The predicted molar refractivity (Wildman–Crippen MR) is 102 cm³/mol. The smallest absolute Gasteiger partial charge is 0.227 e. The highest BCUT2D eigenvalue weighted by Gasteiger charge is 2.21. The number of halogens is 1. The van der Waals surface area contributed by atoms with Crippen LogP contribution in [0.1, 0.15) is 31.4 Å². The first-order valence-corrected chi connectivity index (χ1v) is 8.67. The number of hydrogen-bond donors (Lipinski definition) is 2. The zero-order chi connectivity index (χ0) is 17.8. The molecule has 4 nitrogen and oxygen atoms in total. The summed E-state index contributed by atoms with van der Waals surface area (Å²) >= 11 is 5.36. The molecule has 0 aromatic heterocycles. The highest BCUT2D eigenvalue weighted by Crippen LogP contribution is 2.24. The van der Waals surface area contributed by atoms with Gasteiger partial charge in [-0.1, -0.05) is 18.2 Å². The second-order valence-corrected chi connectivity index (χ2v) is 6.48. The molecule has 1 heterocycles. The average Bonchev–Trinajstić information content (AvgIpc) is 3.01. The van der Waals surface area contributed by atoms with Gasteiger partial charge >= 0.3 is 0 Å². The van der Waals surface area contributed by atoms with E-state index in [9.17, 15) is 9.18 Å². The van der Waals surface area contributed by atoms with Crippen LogP contribution in [-0.4, -0.2) is 17.6 Å². The molecule has 1 aliphatic heterocycles. The van der Waals surface area contributed by atoms with Gasteiger partial charge in [-0.3, -0.25) is 4.79 Å². The number of rotatable bonds is 4. The number of nitrogens with zero attached hydrogens (tertiary/aromatic N) is 1. The third-order valence-electron chi connectivity index (χ3n) is 4.21. The second kappa shape index (κ2) is 7.61. The molecule has 0 saturated carbocycles. The van der Waals surface area contributed by atoms with E-state index < -0.39 is 0 Å². The van der Waals surface area contributed by atoms with Gasteiger partial charge in [0.1, 0.15) is 5.82 Å². The molecular formula is C19H20FN3OS. The summed E-state index contributed by atoms with van der Waals surface area (Å²) in [5, 5.41) is 6.79. The van der Waals surface area contributed by atoms with Gasteiger partial charge in [-0.05, 0) is 61.5 Å². The third-order valence-corrected chi connectivity index (χ3v) is 4.43. The molecule has 0 aliphatic carbocycles. The molecule has 1 unspecified atom stereocenters. The van der Waals surface area contributed by atoms with Crippen LogP contribution in [0, 0.1) is 5.82 Å². The van der Waals surface area contributed by atoms with Gasteiger partial charge < -0.3 is 15.5 Å². The Morgan fingerprint density at radius 1 is 1.24 bits per heavy atom. The molecule has 1 atom stereocenters. The minimum Gasteiger partial charge on any atom is -0.356 e. The topological polar surface area (TPSA) is 44.4 Å². The van der Waals surface area contributed by atoms with Crippen LogP contribution in [0.4, 0.5) is 15.8 Å². The van der Waals surface area contributed by atoms with E-state index in [0.717, 1.165) is 29.9 Å². The minimum absolute atomic E-state index is 0.0519. The van der Waals surface area contributed by atoms with Crippen molar-refractivity contribution >= 4 is 34.6 Å². The van der Waals surface area contributed by atoms with E-state index in [1.165, 1.54) is 12.1 Å². The minimum atomic E-state index is -0.259. The molecule has 25 heavy (non-hydrogen) atoms. The molecule has 6 heteroatoms. The number of carbonyl (C=O) groups is 1. The molecule has 2 aromatic carbocycles. The van der Waals surface area contributed by atoms with Crippen molar-refractivity contribution < 1.29 is 9.18 Å². The number of benzene rings is 2. The molecule has 2 N–H and O–H groups in total. The lowest BCUT2D eigenvalue weighted by molar-refractivity contribution is -0.117. The van der Waals surface area contributed by atoms with Crippen LogP contribution in [-0.2, 0) is 4.79 Å². The molecule has 0 bridgehead atoms. The summed E-state index contributed by atoms with van der Waals surface area (Å²) in [6.07, 6.45) is 1.50. The van der Waals surface area contributed by atoms with Crippen LogP contribution in [0.5, 0.6) is 0 Å². The predicted octanol–water partition coefficient (Wildman–Crippen LogP) is 4.00. The van der Waals surface area contributed by atoms with E-state index in [2.05, 4.69) is 10.6 Å². The number of hydrogen-bond acceptors (Lipinski definition) is 2. The second-order valence-electron chi connectivity index (χ2n) is 6.07.